The quantitative estimate of drug-likeness (QED) is 0.540. The summed E-state index contributed by atoms with van der Waals surface area (Å²) in [5.41, 5.74) is 0.363. The molecule has 0 aromatic heterocycles. The van der Waals surface area contributed by atoms with Crippen molar-refractivity contribution in [2.75, 3.05) is 0 Å². The molecule has 0 N–H and O–H groups in total. The van der Waals surface area contributed by atoms with Crippen LogP contribution in [0.2, 0.25) is 0 Å². The zero-order valence-electron chi connectivity index (χ0n) is 13.9. The highest BCUT2D eigenvalue weighted by atomic mass is 16.6. The van der Waals surface area contributed by atoms with Crippen molar-refractivity contribution in [3.8, 4) is 0 Å². The summed E-state index contributed by atoms with van der Waals surface area (Å²) in [6, 6.07) is 0. The van der Waals surface area contributed by atoms with Crippen LogP contribution in [0.25, 0.3) is 0 Å². The minimum Gasteiger partial charge on any atom is -0.455 e. The minimum absolute atomic E-state index is 0.158. The number of rotatable bonds is 5. The molecule has 4 rings (SSSR count). The minimum atomic E-state index is -0.188. The normalized spacial score (nSPS) is 40.6. The third-order valence-electron chi connectivity index (χ3n) is 6.66. The van der Waals surface area contributed by atoms with Crippen LogP contribution in [-0.2, 0) is 9.53 Å². The van der Waals surface area contributed by atoms with Gasteiger partial charge in [0.2, 0.25) is 0 Å². The molecule has 0 aliphatic heterocycles. The first kappa shape index (κ1) is 15.1. The Balaban J connectivity index is 1.96. The number of carbonyl (C=O) groups is 1. The second-order valence-corrected chi connectivity index (χ2v) is 7.84. The summed E-state index contributed by atoms with van der Waals surface area (Å²) in [5.74, 6) is 3.35. The van der Waals surface area contributed by atoms with Crippen LogP contribution < -0.4 is 0 Å². The Morgan fingerprint density at radius 3 is 1.95 bits per heavy atom. The van der Waals surface area contributed by atoms with Gasteiger partial charge in [-0.15, -0.1) is 0 Å². The zero-order valence-corrected chi connectivity index (χ0v) is 13.9. The molecule has 0 unspecified atom stereocenters. The van der Waals surface area contributed by atoms with Gasteiger partial charge in [0.25, 0.3) is 0 Å². The van der Waals surface area contributed by atoms with E-state index >= 15 is 0 Å². The summed E-state index contributed by atoms with van der Waals surface area (Å²) < 4.78 is 6.28. The van der Waals surface area contributed by atoms with E-state index in [2.05, 4.69) is 20.4 Å². The fourth-order valence-corrected chi connectivity index (χ4v) is 6.01. The molecule has 118 valence electrons. The number of ether oxygens (including phenoxy) is 1. The molecule has 2 nitrogen and oxygen atoms in total. The summed E-state index contributed by atoms with van der Waals surface area (Å²) in [6.45, 7) is 10.1. The fourth-order valence-electron chi connectivity index (χ4n) is 6.01. The molecule has 0 radical (unpaired) electrons. The maximum atomic E-state index is 12.4. The fraction of sp³-hybridized carbons (Fsp3) is 0.842. The van der Waals surface area contributed by atoms with Crippen LogP contribution in [0.15, 0.2) is 12.2 Å². The third-order valence-corrected chi connectivity index (χ3v) is 6.66. The first-order valence-corrected chi connectivity index (χ1v) is 8.90. The Kier molecular flexibility index (Phi) is 3.92. The molecule has 4 aliphatic carbocycles. The summed E-state index contributed by atoms with van der Waals surface area (Å²) in [7, 11) is 0. The van der Waals surface area contributed by atoms with Gasteiger partial charge in [0.1, 0.15) is 5.60 Å². The van der Waals surface area contributed by atoms with E-state index in [-0.39, 0.29) is 11.6 Å². The largest absolute Gasteiger partial charge is 0.455 e. The van der Waals surface area contributed by atoms with E-state index in [0.717, 1.165) is 24.7 Å². The van der Waals surface area contributed by atoms with E-state index in [0.29, 0.717) is 23.3 Å². The first-order chi connectivity index (χ1) is 10.0. The van der Waals surface area contributed by atoms with Crippen LogP contribution >= 0.6 is 0 Å². The lowest BCUT2D eigenvalue weighted by Gasteiger charge is -2.62. The number of hydrogen-bond acceptors (Lipinski definition) is 2. The molecule has 0 spiro atoms. The van der Waals surface area contributed by atoms with Crippen molar-refractivity contribution in [1.82, 2.24) is 0 Å². The Hall–Kier alpha value is -0.790. The second kappa shape index (κ2) is 5.44. The molecule has 2 heteroatoms. The van der Waals surface area contributed by atoms with Gasteiger partial charge >= 0.3 is 5.97 Å². The topological polar surface area (TPSA) is 26.3 Å². The molecule has 0 aromatic rings. The van der Waals surface area contributed by atoms with Gasteiger partial charge in [-0.3, -0.25) is 0 Å². The number of hydrogen-bond donors (Lipinski definition) is 0. The molecule has 0 atom stereocenters. The van der Waals surface area contributed by atoms with Gasteiger partial charge in [0, 0.05) is 5.57 Å². The van der Waals surface area contributed by atoms with Gasteiger partial charge in [0.15, 0.2) is 0 Å². The molecule has 0 amide bonds. The van der Waals surface area contributed by atoms with Crippen molar-refractivity contribution in [2.45, 2.75) is 71.3 Å². The van der Waals surface area contributed by atoms with Gasteiger partial charge in [-0.25, -0.2) is 4.79 Å². The Bertz CT molecular complexity index is 405. The van der Waals surface area contributed by atoms with Gasteiger partial charge in [0.05, 0.1) is 0 Å². The van der Waals surface area contributed by atoms with Crippen molar-refractivity contribution >= 4 is 5.97 Å². The summed E-state index contributed by atoms with van der Waals surface area (Å²) >= 11 is 0. The lowest BCUT2D eigenvalue weighted by atomic mass is 9.46. The predicted molar refractivity (Wildman–Crippen MR) is 84.8 cm³/mol. The van der Waals surface area contributed by atoms with E-state index < -0.39 is 0 Å². The van der Waals surface area contributed by atoms with Gasteiger partial charge in [-0.1, -0.05) is 20.4 Å². The molecule has 4 bridgehead atoms. The zero-order chi connectivity index (χ0) is 15.2. The summed E-state index contributed by atoms with van der Waals surface area (Å²) in [6.07, 6.45) is 8.80. The van der Waals surface area contributed by atoms with Crippen LogP contribution in [0.3, 0.4) is 0 Å². The molecule has 4 fully saturated rings. The van der Waals surface area contributed by atoms with Crippen molar-refractivity contribution in [3.05, 3.63) is 12.2 Å². The maximum absolute atomic E-state index is 12.4. The van der Waals surface area contributed by atoms with Gasteiger partial charge in [-0.2, -0.15) is 0 Å². The van der Waals surface area contributed by atoms with Crippen molar-refractivity contribution in [1.29, 1.82) is 0 Å². The molecule has 4 aliphatic rings. The first-order valence-electron chi connectivity index (χ1n) is 8.90. The standard InChI is InChI=1S/C19H30O2/c1-5-15(6-2)19(21-18(20)12(3)4)16-8-13-7-14(10-16)11-17(19)9-13/h13-17H,3,5-11H2,1-2,4H3. The summed E-state index contributed by atoms with van der Waals surface area (Å²) in [4.78, 5) is 12.4. The van der Waals surface area contributed by atoms with Crippen LogP contribution in [0.4, 0.5) is 0 Å². The monoisotopic (exact) mass is 290 g/mol. The number of carbonyl (C=O) groups excluding carboxylic acids is 1. The second-order valence-electron chi connectivity index (χ2n) is 7.84. The molecule has 0 heterocycles. The van der Waals surface area contributed by atoms with Crippen LogP contribution in [0.1, 0.15) is 65.7 Å². The highest BCUT2D eigenvalue weighted by Gasteiger charge is 2.61. The average Bonchev–Trinajstić information content (AvgIpc) is 2.44. The van der Waals surface area contributed by atoms with Crippen molar-refractivity contribution < 1.29 is 9.53 Å². The van der Waals surface area contributed by atoms with Gasteiger partial charge in [-0.05, 0) is 81.5 Å². The Labute approximate surface area is 129 Å². The lowest BCUT2D eigenvalue weighted by Crippen LogP contribution is -2.63. The highest BCUT2D eigenvalue weighted by Crippen LogP contribution is 2.62. The van der Waals surface area contributed by atoms with E-state index in [1.165, 1.54) is 32.1 Å². The third kappa shape index (κ3) is 2.26. The average molecular weight is 290 g/mol. The van der Waals surface area contributed by atoms with Crippen LogP contribution in [0.5, 0.6) is 0 Å². The molecule has 0 aromatic carbocycles. The van der Waals surface area contributed by atoms with E-state index in [4.69, 9.17) is 4.74 Å². The molecule has 21 heavy (non-hydrogen) atoms. The number of esters is 1. The molecule has 0 saturated heterocycles. The van der Waals surface area contributed by atoms with Crippen LogP contribution in [-0.4, -0.2) is 11.6 Å². The van der Waals surface area contributed by atoms with Crippen molar-refractivity contribution in [3.63, 3.8) is 0 Å². The summed E-state index contributed by atoms with van der Waals surface area (Å²) in [5, 5.41) is 0. The Morgan fingerprint density at radius 2 is 1.57 bits per heavy atom. The smallest absolute Gasteiger partial charge is 0.333 e. The van der Waals surface area contributed by atoms with E-state index in [9.17, 15) is 4.79 Å². The SMILES string of the molecule is C=C(C)C(=O)OC1(C(CC)CC)C2CC3CC(C2)CC1C3. The van der Waals surface area contributed by atoms with Crippen molar-refractivity contribution in [2.24, 2.45) is 29.6 Å². The van der Waals surface area contributed by atoms with Gasteiger partial charge < -0.3 is 4.74 Å². The lowest BCUT2D eigenvalue weighted by molar-refractivity contribution is -0.226. The Morgan fingerprint density at radius 1 is 1.10 bits per heavy atom. The molecule has 4 saturated carbocycles. The molecular formula is C19H30O2. The predicted octanol–water partition coefficient (Wildman–Crippen LogP) is 4.74. The van der Waals surface area contributed by atoms with E-state index in [1.807, 2.05) is 0 Å². The van der Waals surface area contributed by atoms with Crippen LogP contribution in [0, 0.1) is 29.6 Å². The molecular weight excluding hydrogens is 260 g/mol. The highest BCUT2D eigenvalue weighted by molar-refractivity contribution is 5.87. The maximum Gasteiger partial charge on any atom is 0.333 e. The van der Waals surface area contributed by atoms with E-state index in [1.54, 1.807) is 6.92 Å².